The molecule has 0 spiro atoms. The second kappa shape index (κ2) is 9.73. The monoisotopic (exact) mass is 491 g/mol. The predicted molar refractivity (Wildman–Crippen MR) is 124 cm³/mol. The smallest absolute Gasteiger partial charge is 0.243 e. The van der Waals surface area contributed by atoms with Crippen molar-refractivity contribution in [1.29, 1.82) is 0 Å². The Labute approximate surface area is 198 Å². The summed E-state index contributed by atoms with van der Waals surface area (Å²) in [5.41, 5.74) is 0.720. The van der Waals surface area contributed by atoms with Crippen molar-refractivity contribution in [2.24, 2.45) is 0 Å². The van der Waals surface area contributed by atoms with Crippen LogP contribution in [0.1, 0.15) is 44.6 Å². The summed E-state index contributed by atoms with van der Waals surface area (Å²) in [5, 5.41) is 12.6. The number of carbonyl (C=O) groups is 1. The summed E-state index contributed by atoms with van der Waals surface area (Å²) in [4.78, 5) is 12.5. The SMILES string of the molecule is O=C(CSc1nnc(-c2cccc(S(=O)(=O)N3CCOCC3)c2)n1C1CCCC1)NC1CC1. The van der Waals surface area contributed by atoms with Crippen LogP contribution in [-0.2, 0) is 19.6 Å². The summed E-state index contributed by atoms with van der Waals surface area (Å²) in [7, 11) is -3.61. The standard InChI is InChI=1S/C22H29N5O4S2/c28-20(23-17-8-9-17)15-32-22-25-24-21(27(22)18-5-1-2-6-18)16-4-3-7-19(14-16)33(29,30)26-10-12-31-13-11-26/h3-4,7,14,17-18H,1-2,5-6,8-13,15H2,(H,23,28). The summed E-state index contributed by atoms with van der Waals surface area (Å²) in [6.07, 6.45) is 6.45. The lowest BCUT2D eigenvalue weighted by Crippen LogP contribution is -2.40. The van der Waals surface area contributed by atoms with Gasteiger partial charge in [0.15, 0.2) is 11.0 Å². The van der Waals surface area contributed by atoms with E-state index in [9.17, 15) is 13.2 Å². The van der Waals surface area contributed by atoms with E-state index in [-0.39, 0.29) is 16.8 Å². The topological polar surface area (TPSA) is 106 Å². The highest BCUT2D eigenvalue weighted by Gasteiger charge is 2.29. The number of carbonyl (C=O) groups excluding carboxylic acids is 1. The summed E-state index contributed by atoms with van der Waals surface area (Å²) in [6.45, 7) is 1.52. The lowest BCUT2D eigenvalue weighted by molar-refractivity contribution is -0.118. The Balaban J connectivity index is 1.42. The minimum Gasteiger partial charge on any atom is -0.379 e. The van der Waals surface area contributed by atoms with Crippen molar-refractivity contribution in [3.05, 3.63) is 24.3 Å². The molecule has 0 unspecified atom stereocenters. The Hall–Kier alpha value is -1.95. The van der Waals surface area contributed by atoms with E-state index in [0.29, 0.717) is 49.1 Å². The molecular formula is C22H29N5O4S2. The molecule has 1 aliphatic heterocycles. The van der Waals surface area contributed by atoms with Gasteiger partial charge < -0.3 is 10.1 Å². The first-order valence-corrected chi connectivity index (χ1v) is 14.0. The Kier molecular flexibility index (Phi) is 6.73. The van der Waals surface area contributed by atoms with Gasteiger partial charge in [-0.15, -0.1) is 10.2 Å². The van der Waals surface area contributed by atoms with Crippen molar-refractivity contribution in [2.45, 2.75) is 60.7 Å². The number of ether oxygens (including phenoxy) is 1. The second-order valence-corrected chi connectivity index (χ2v) is 11.7. The molecule has 0 radical (unpaired) electrons. The van der Waals surface area contributed by atoms with Gasteiger partial charge in [0.05, 0.1) is 23.9 Å². The molecule has 3 fully saturated rings. The van der Waals surface area contributed by atoms with Gasteiger partial charge in [-0.2, -0.15) is 4.31 Å². The van der Waals surface area contributed by atoms with Crippen LogP contribution in [0.2, 0.25) is 0 Å². The lowest BCUT2D eigenvalue weighted by Gasteiger charge is -2.26. The van der Waals surface area contributed by atoms with E-state index in [1.807, 2.05) is 6.07 Å². The number of thioether (sulfide) groups is 1. The predicted octanol–water partition coefficient (Wildman–Crippen LogP) is 2.45. The van der Waals surface area contributed by atoms with Gasteiger partial charge in [0.2, 0.25) is 15.9 Å². The molecule has 1 saturated heterocycles. The number of amides is 1. The van der Waals surface area contributed by atoms with Crippen LogP contribution in [0.5, 0.6) is 0 Å². The van der Waals surface area contributed by atoms with E-state index < -0.39 is 10.0 Å². The molecule has 3 aliphatic rings. The van der Waals surface area contributed by atoms with E-state index >= 15 is 0 Å². The molecule has 2 aromatic rings. The van der Waals surface area contributed by atoms with Gasteiger partial charge >= 0.3 is 0 Å². The van der Waals surface area contributed by atoms with Gasteiger partial charge in [-0.05, 0) is 37.8 Å². The molecule has 9 nitrogen and oxygen atoms in total. The second-order valence-electron chi connectivity index (χ2n) is 8.79. The molecule has 0 bridgehead atoms. The van der Waals surface area contributed by atoms with Crippen LogP contribution in [0.3, 0.4) is 0 Å². The van der Waals surface area contributed by atoms with Gasteiger partial charge in [0.25, 0.3) is 0 Å². The average Bonchev–Trinajstić information content (AvgIpc) is 3.31. The summed E-state index contributed by atoms with van der Waals surface area (Å²) >= 11 is 1.40. The zero-order valence-electron chi connectivity index (χ0n) is 18.5. The number of morpholine rings is 1. The first-order valence-electron chi connectivity index (χ1n) is 11.6. The number of aromatic nitrogens is 3. The number of benzene rings is 1. The van der Waals surface area contributed by atoms with Crippen LogP contribution >= 0.6 is 11.8 Å². The highest BCUT2D eigenvalue weighted by Crippen LogP contribution is 2.37. The Bertz CT molecular complexity index is 1100. The molecule has 5 rings (SSSR count). The molecule has 1 aromatic carbocycles. The van der Waals surface area contributed by atoms with Crippen LogP contribution in [-0.4, -0.2) is 71.5 Å². The van der Waals surface area contributed by atoms with Crippen LogP contribution in [0.15, 0.2) is 34.3 Å². The van der Waals surface area contributed by atoms with Gasteiger partial charge in [0, 0.05) is 30.7 Å². The first kappa shape index (κ1) is 22.8. The molecule has 2 saturated carbocycles. The van der Waals surface area contributed by atoms with Crippen LogP contribution in [0.25, 0.3) is 11.4 Å². The molecule has 1 N–H and O–H groups in total. The van der Waals surface area contributed by atoms with Crippen LogP contribution in [0.4, 0.5) is 0 Å². The maximum atomic E-state index is 13.2. The Morgan fingerprint density at radius 3 is 2.61 bits per heavy atom. The highest BCUT2D eigenvalue weighted by molar-refractivity contribution is 7.99. The van der Waals surface area contributed by atoms with Gasteiger partial charge in [-0.25, -0.2) is 8.42 Å². The molecule has 2 aliphatic carbocycles. The largest absolute Gasteiger partial charge is 0.379 e. The van der Waals surface area contributed by atoms with Crippen molar-refractivity contribution in [3.63, 3.8) is 0 Å². The van der Waals surface area contributed by atoms with Gasteiger partial charge in [0.1, 0.15) is 0 Å². The van der Waals surface area contributed by atoms with E-state index in [1.54, 1.807) is 18.2 Å². The van der Waals surface area contributed by atoms with E-state index in [1.165, 1.54) is 16.1 Å². The van der Waals surface area contributed by atoms with E-state index in [2.05, 4.69) is 20.1 Å². The van der Waals surface area contributed by atoms with Crippen molar-refractivity contribution in [1.82, 2.24) is 24.4 Å². The zero-order chi connectivity index (χ0) is 22.8. The molecule has 1 aromatic heterocycles. The number of sulfonamides is 1. The fourth-order valence-electron chi connectivity index (χ4n) is 4.42. The molecule has 11 heteroatoms. The maximum Gasteiger partial charge on any atom is 0.243 e. The zero-order valence-corrected chi connectivity index (χ0v) is 20.1. The minimum atomic E-state index is -3.61. The minimum absolute atomic E-state index is 0.0172. The third-order valence-electron chi connectivity index (χ3n) is 6.33. The van der Waals surface area contributed by atoms with Crippen molar-refractivity contribution < 1.29 is 17.9 Å². The molecule has 178 valence electrons. The fourth-order valence-corrected chi connectivity index (χ4v) is 6.69. The first-order chi connectivity index (χ1) is 16.0. The van der Waals surface area contributed by atoms with Gasteiger partial charge in [-0.3, -0.25) is 9.36 Å². The third kappa shape index (κ3) is 5.11. The van der Waals surface area contributed by atoms with Crippen LogP contribution in [0, 0.1) is 0 Å². The normalized spacial score (nSPS) is 20.2. The number of hydrogen-bond acceptors (Lipinski definition) is 7. The molecule has 33 heavy (non-hydrogen) atoms. The molecule has 1 amide bonds. The Morgan fingerprint density at radius 1 is 1.12 bits per heavy atom. The number of hydrogen-bond donors (Lipinski definition) is 1. The quantitative estimate of drug-likeness (QED) is 0.565. The molecule has 2 heterocycles. The van der Waals surface area contributed by atoms with Gasteiger partial charge in [-0.1, -0.05) is 36.7 Å². The fraction of sp³-hybridized carbons (Fsp3) is 0.591. The number of nitrogens with zero attached hydrogens (tertiary/aromatic N) is 4. The summed E-state index contributed by atoms with van der Waals surface area (Å²) < 4.78 is 35.2. The van der Waals surface area contributed by atoms with Crippen molar-refractivity contribution in [3.8, 4) is 11.4 Å². The summed E-state index contributed by atoms with van der Waals surface area (Å²) in [5.74, 6) is 0.974. The van der Waals surface area contributed by atoms with E-state index in [0.717, 1.165) is 44.1 Å². The summed E-state index contributed by atoms with van der Waals surface area (Å²) in [6, 6.07) is 7.53. The lowest BCUT2D eigenvalue weighted by atomic mass is 10.2. The molecule has 0 atom stereocenters. The van der Waals surface area contributed by atoms with E-state index in [4.69, 9.17) is 4.74 Å². The maximum absolute atomic E-state index is 13.2. The Morgan fingerprint density at radius 2 is 1.88 bits per heavy atom. The number of rotatable bonds is 8. The number of nitrogens with one attached hydrogen (secondary N) is 1. The third-order valence-corrected chi connectivity index (χ3v) is 9.17. The molecular weight excluding hydrogens is 462 g/mol. The average molecular weight is 492 g/mol. The van der Waals surface area contributed by atoms with Crippen LogP contribution < -0.4 is 5.32 Å². The highest BCUT2D eigenvalue weighted by atomic mass is 32.2. The van der Waals surface area contributed by atoms with Crippen molar-refractivity contribution >= 4 is 27.7 Å². The van der Waals surface area contributed by atoms with Crippen molar-refractivity contribution in [2.75, 3.05) is 32.1 Å².